The minimum absolute atomic E-state index is 0.0379. The summed E-state index contributed by atoms with van der Waals surface area (Å²) >= 11 is 1.69. The number of hydrogen-bond acceptors (Lipinski definition) is 5. The molecule has 0 unspecified atom stereocenters. The van der Waals surface area contributed by atoms with Crippen molar-refractivity contribution in [3.63, 3.8) is 0 Å². The lowest BCUT2D eigenvalue weighted by Crippen LogP contribution is -2.28. The molecule has 1 aromatic heterocycles. The standard InChI is InChI=1S/C18H22N4OS/c1-13-8-11-22(20-13)16-6-4-15(5-7-16)18(23)21(3)10-9-17-19-12-14(2)24-17/h4-7,12H,8-11H2,1-3H3. The third-order valence-electron chi connectivity index (χ3n) is 4.07. The predicted molar refractivity (Wildman–Crippen MR) is 99.0 cm³/mol. The molecule has 2 aromatic rings. The molecule has 1 aliphatic rings. The van der Waals surface area contributed by atoms with E-state index in [1.807, 2.05) is 56.4 Å². The van der Waals surface area contributed by atoms with Gasteiger partial charge in [-0.15, -0.1) is 11.3 Å². The normalized spacial score (nSPS) is 14.0. The van der Waals surface area contributed by atoms with Gasteiger partial charge in [0.1, 0.15) is 0 Å². The zero-order valence-electron chi connectivity index (χ0n) is 14.3. The fourth-order valence-corrected chi connectivity index (χ4v) is 3.41. The number of anilines is 1. The molecule has 5 nitrogen and oxygen atoms in total. The Morgan fingerprint density at radius 3 is 2.62 bits per heavy atom. The molecule has 3 rings (SSSR count). The van der Waals surface area contributed by atoms with Crippen molar-refractivity contribution < 1.29 is 4.79 Å². The second-order valence-electron chi connectivity index (χ2n) is 6.10. The van der Waals surface area contributed by atoms with Crippen molar-refractivity contribution in [1.82, 2.24) is 9.88 Å². The average Bonchev–Trinajstić information content (AvgIpc) is 3.20. The number of thiazole rings is 1. The van der Waals surface area contributed by atoms with Gasteiger partial charge in [-0.25, -0.2) is 4.98 Å². The molecule has 126 valence electrons. The molecule has 1 amide bonds. The number of benzene rings is 1. The van der Waals surface area contributed by atoms with Crippen LogP contribution in [0.5, 0.6) is 0 Å². The smallest absolute Gasteiger partial charge is 0.253 e. The van der Waals surface area contributed by atoms with Gasteiger partial charge in [0, 0.05) is 55.3 Å². The SMILES string of the molecule is CC1=NN(c2ccc(C(=O)N(C)CCc3ncc(C)s3)cc2)CC1. The zero-order chi connectivity index (χ0) is 17.1. The van der Waals surface area contributed by atoms with Crippen LogP contribution in [0.4, 0.5) is 5.69 Å². The van der Waals surface area contributed by atoms with Gasteiger partial charge in [-0.2, -0.15) is 5.10 Å². The summed E-state index contributed by atoms with van der Waals surface area (Å²) in [5.74, 6) is 0.0379. The second-order valence-corrected chi connectivity index (χ2v) is 7.42. The number of aromatic nitrogens is 1. The van der Waals surface area contributed by atoms with Crippen LogP contribution in [-0.2, 0) is 6.42 Å². The molecular formula is C18H22N4OS. The van der Waals surface area contributed by atoms with Gasteiger partial charge in [0.15, 0.2) is 0 Å². The highest BCUT2D eigenvalue weighted by molar-refractivity contribution is 7.11. The highest BCUT2D eigenvalue weighted by Gasteiger charge is 2.15. The summed E-state index contributed by atoms with van der Waals surface area (Å²) in [6.07, 6.45) is 3.67. The largest absolute Gasteiger partial charge is 0.341 e. The second kappa shape index (κ2) is 7.13. The van der Waals surface area contributed by atoms with E-state index in [0.29, 0.717) is 12.1 Å². The quantitative estimate of drug-likeness (QED) is 0.837. The van der Waals surface area contributed by atoms with Crippen LogP contribution in [0, 0.1) is 6.92 Å². The number of nitrogens with zero attached hydrogens (tertiary/aromatic N) is 4. The van der Waals surface area contributed by atoms with Crippen molar-refractivity contribution in [2.45, 2.75) is 26.7 Å². The Morgan fingerprint density at radius 1 is 1.29 bits per heavy atom. The summed E-state index contributed by atoms with van der Waals surface area (Å²) in [6.45, 7) is 5.66. The number of hydrogen-bond donors (Lipinski definition) is 0. The van der Waals surface area contributed by atoms with E-state index in [1.54, 1.807) is 16.2 Å². The van der Waals surface area contributed by atoms with Gasteiger partial charge < -0.3 is 4.90 Å². The van der Waals surface area contributed by atoms with Crippen LogP contribution in [0.3, 0.4) is 0 Å². The molecule has 24 heavy (non-hydrogen) atoms. The fourth-order valence-electron chi connectivity index (χ4n) is 2.64. The topological polar surface area (TPSA) is 48.8 Å². The van der Waals surface area contributed by atoms with Crippen molar-refractivity contribution in [1.29, 1.82) is 0 Å². The molecule has 2 heterocycles. The van der Waals surface area contributed by atoms with E-state index in [1.165, 1.54) is 4.88 Å². The van der Waals surface area contributed by atoms with Crippen LogP contribution in [-0.4, -0.2) is 41.6 Å². The summed E-state index contributed by atoms with van der Waals surface area (Å²) in [5, 5.41) is 7.54. The van der Waals surface area contributed by atoms with Crippen LogP contribution in [0.2, 0.25) is 0 Å². The molecule has 0 bridgehead atoms. The lowest BCUT2D eigenvalue weighted by atomic mass is 10.1. The molecule has 0 fully saturated rings. The molecule has 0 spiro atoms. The third kappa shape index (κ3) is 3.82. The summed E-state index contributed by atoms with van der Waals surface area (Å²) in [6, 6.07) is 7.69. The number of aryl methyl sites for hydroxylation is 1. The fraction of sp³-hybridized carbons (Fsp3) is 0.389. The van der Waals surface area contributed by atoms with Crippen LogP contribution in [0.25, 0.3) is 0 Å². The van der Waals surface area contributed by atoms with E-state index in [2.05, 4.69) is 10.1 Å². The van der Waals surface area contributed by atoms with Crippen molar-refractivity contribution in [2.24, 2.45) is 5.10 Å². The van der Waals surface area contributed by atoms with E-state index >= 15 is 0 Å². The van der Waals surface area contributed by atoms with Gasteiger partial charge in [0.25, 0.3) is 5.91 Å². The van der Waals surface area contributed by atoms with Crippen LogP contribution in [0.1, 0.15) is 33.6 Å². The van der Waals surface area contributed by atoms with E-state index in [0.717, 1.165) is 35.8 Å². The number of carbonyl (C=O) groups excluding carboxylic acids is 1. The third-order valence-corrected chi connectivity index (χ3v) is 5.04. The Labute approximate surface area is 146 Å². The first-order valence-corrected chi connectivity index (χ1v) is 8.93. The van der Waals surface area contributed by atoms with Crippen LogP contribution < -0.4 is 5.01 Å². The maximum atomic E-state index is 12.5. The summed E-state index contributed by atoms with van der Waals surface area (Å²) in [7, 11) is 1.84. The van der Waals surface area contributed by atoms with Gasteiger partial charge in [0.2, 0.25) is 0 Å². The van der Waals surface area contributed by atoms with Crippen molar-refractivity contribution >= 4 is 28.6 Å². The van der Waals surface area contributed by atoms with Gasteiger partial charge in [-0.1, -0.05) is 0 Å². The maximum absolute atomic E-state index is 12.5. The van der Waals surface area contributed by atoms with Crippen LogP contribution >= 0.6 is 11.3 Å². The van der Waals surface area contributed by atoms with Gasteiger partial charge in [0.05, 0.1) is 10.7 Å². The number of carbonyl (C=O) groups is 1. The summed E-state index contributed by atoms with van der Waals surface area (Å²) in [4.78, 5) is 19.8. The molecule has 0 N–H and O–H groups in total. The average molecular weight is 342 g/mol. The van der Waals surface area contributed by atoms with Gasteiger partial charge in [-0.3, -0.25) is 9.80 Å². The number of rotatable bonds is 5. The lowest BCUT2D eigenvalue weighted by molar-refractivity contribution is 0.0796. The first-order valence-electron chi connectivity index (χ1n) is 8.11. The number of likely N-dealkylation sites (N-methyl/N-ethyl adjacent to an activating group) is 1. The molecule has 0 atom stereocenters. The molecule has 1 aliphatic heterocycles. The Morgan fingerprint density at radius 2 is 2.04 bits per heavy atom. The van der Waals surface area contributed by atoms with E-state index in [-0.39, 0.29) is 5.91 Å². The Kier molecular flexibility index (Phi) is 4.94. The van der Waals surface area contributed by atoms with Crippen LogP contribution in [0.15, 0.2) is 35.6 Å². The van der Waals surface area contributed by atoms with Crippen molar-refractivity contribution in [3.8, 4) is 0 Å². The summed E-state index contributed by atoms with van der Waals surface area (Å²) < 4.78 is 0. The summed E-state index contributed by atoms with van der Waals surface area (Å²) in [5.41, 5.74) is 2.88. The van der Waals surface area contributed by atoms with Crippen molar-refractivity contribution in [3.05, 3.63) is 45.9 Å². The molecular weight excluding hydrogens is 320 g/mol. The highest BCUT2D eigenvalue weighted by atomic mass is 32.1. The minimum atomic E-state index is 0.0379. The number of hydrazone groups is 1. The molecule has 6 heteroatoms. The molecule has 0 saturated heterocycles. The highest BCUT2D eigenvalue weighted by Crippen LogP contribution is 2.20. The van der Waals surface area contributed by atoms with Gasteiger partial charge >= 0.3 is 0 Å². The first kappa shape index (κ1) is 16.6. The predicted octanol–water partition coefficient (Wildman–Crippen LogP) is 3.35. The lowest BCUT2D eigenvalue weighted by Gasteiger charge is -2.18. The number of amides is 1. The van der Waals surface area contributed by atoms with Gasteiger partial charge in [-0.05, 0) is 38.1 Å². The maximum Gasteiger partial charge on any atom is 0.253 e. The van der Waals surface area contributed by atoms with E-state index < -0.39 is 0 Å². The minimum Gasteiger partial charge on any atom is -0.341 e. The van der Waals surface area contributed by atoms with E-state index in [9.17, 15) is 4.79 Å². The van der Waals surface area contributed by atoms with E-state index in [4.69, 9.17) is 0 Å². The first-order chi connectivity index (χ1) is 11.5. The molecule has 1 aromatic carbocycles. The Hall–Kier alpha value is -2.21. The Balaban J connectivity index is 1.59. The van der Waals surface area contributed by atoms with Crippen molar-refractivity contribution in [2.75, 3.05) is 25.1 Å². The molecule has 0 saturated carbocycles. The zero-order valence-corrected chi connectivity index (χ0v) is 15.1. The molecule has 0 radical (unpaired) electrons. The molecule has 0 aliphatic carbocycles. The monoisotopic (exact) mass is 342 g/mol. The Bertz CT molecular complexity index is 751.